The Morgan fingerprint density at radius 2 is 2.50 bits per heavy atom. The molecule has 0 heterocycles. The van der Waals surface area contributed by atoms with Crippen LogP contribution in [0, 0.1) is 0 Å². The first-order valence-electron chi connectivity index (χ1n) is 1.63. The normalized spacial score (nSPS) is 10.2. The summed E-state index contributed by atoms with van der Waals surface area (Å²) in [5.41, 5.74) is 0. The maximum absolute atomic E-state index is 9.61. The van der Waals surface area contributed by atoms with Crippen molar-refractivity contribution in [3.8, 4) is 0 Å². The first-order valence-corrected chi connectivity index (χ1v) is 3.34. The highest BCUT2D eigenvalue weighted by Gasteiger charge is 1.87. The molecule has 0 amide bonds. The summed E-state index contributed by atoms with van der Waals surface area (Å²) in [6.45, 7) is 1.87. The van der Waals surface area contributed by atoms with Gasteiger partial charge in [-0.25, -0.2) is 0 Å². The Morgan fingerprint density at radius 1 is 2.00 bits per heavy atom. The van der Waals surface area contributed by atoms with Gasteiger partial charge in [-0.3, -0.25) is 4.79 Å². The van der Waals surface area contributed by atoms with Crippen LogP contribution in [0.5, 0.6) is 0 Å². The largest absolute Gasteiger partial charge is 0.481 e. The molecule has 0 bridgehead atoms. The Morgan fingerprint density at radius 3 is 2.50 bits per heavy atom. The number of aliphatic carboxylic acids is 1. The van der Waals surface area contributed by atoms with Gasteiger partial charge in [0.25, 0.3) is 0 Å². The van der Waals surface area contributed by atoms with Crippen LogP contribution in [0.2, 0.25) is 0 Å². The van der Waals surface area contributed by atoms with Crippen LogP contribution in [0.1, 0.15) is 0 Å². The average Bonchev–Trinajstić information content (AvgIpc) is 1.35. The van der Waals surface area contributed by atoms with Crippen LogP contribution in [0.4, 0.5) is 0 Å². The maximum atomic E-state index is 9.61. The Balaban J connectivity index is 2.83. The minimum atomic E-state index is -0.698. The molecule has 0 saturated heterocycles. The maximum Gasteiger partial charge on any atom is 0.307 e. The summed E-state index contributed by atoms with van der Waals surface area (Å²) >= 11 is 0. The van der Waals surface area contributed by atoms with Crippen molar-refractivity contribution in [2.45, 2.75) is 0 Å². The van der Waals surface area contributed by atoms with E-state index in [1.807, 2.05) is 6.66 Å². The lowest BCUT2D eigenvalue weighted by molar-refractivity contribution is -0.133. The van der Waals surface area contributed by atoms with E-state index in [0.29, 0.717) is 14.7 Å². The summed E-state index contributed by atoms with van der Waals surface area (Å²) < 4.78 is 0. The first kappa shape index (κ1) is 5.90. The SMILES string of the molecule is CPCC(=O)O. The highest BCUT2D eigenvalue weighted by molar-refractivity contribution is 7.38. The van der Waals surface area contributed by atoms with E-state index < -0.39 is 5.97 Å². The quantitative estimate of drug-likeness (QED) is 0.516. The molecule has 3 heteroatoms. The lowest BCUT2D eigenvalue weighted by Gasteiger charge is -1.80. The second-order valence-corrected chi connectivity index (χ2v) is 1.98. The molecule has 0 aromatic rings. The third kappa shape index (κ3) is 3.90. The number of carboxylic acid groups (broad SMARTS) is 1. The van der Waals surface area contributed by atoms with Gasteiger partial charge >= 0.3 is 5.97 Å². The van der Waals surface area contributed by atoms with Gasteiger partial charge in [0.05, 0.1) is 6.16 Å². The molecule has 0 aromatic heterocycles. The van der Waals surface area contributed by atoms with Gasteiger partial charge in [0.2, 0.25) is 0 Å². The smallest absolute Gasteiger partial charge is 0.307 e. The number of carboxylic acids is 1. The van der Waals surface area contributed by atoms with Crippen LogP contribution in [0.15, 0.2) is 0 Å². The van der Waals surface area contributed by atoms with Crippen molar-refractivity contribution in [2.24, 2.45) is 0 Å². The van der Waals surface area contributed by atoms with Crippen molar-refractivity contribution in [2.75, 3.05) is 12.8 Å². The van der Waals surface area contributed by atoms with E-state index in [1.54, 1.807) is 0 Å². The fourth-order valence-corrected chi connectivity index (χ4v) is 0.454. The van der Waals surface area contributed by atoms with Crippen LogP contribution < -0.4 is 0 Å². The summed E-state index contributed by atoms with van der Waals surface area (Å²) in [5, 5.41) is 7.92. The average molecular weight is 106 g/mol. The third-order valence-corrected chi connectivity index (χ3v) is 0.984. The molecule has 0 rings (SSSR count). The van der Waals surface area contributed by atoms with E-state index in [2.05, 4.69) is 0 Å². The van der Waals surface area contributed by atoms with Crippen molar-refractivity contribution < 1.29 is 9.90 Å². The van der Waals surface area contributed by atoms with Crippen LogP contribution in [-0.2, 0) is 4.79 Å². The molecule has 36 valence electrons. The Kier molecular flexibility index (Phi) is 3.05. The Bertz CT molecular complexity index is 52.8. The molecule has 0 fully saturated rings. The van der Waals surface area contributed by atoms with Crippen LogP contribution in [-0.4, -0.2) is 23.9 Å². The zero-order chi connectivity index (χ0) is 4.99. The van der Waals surface area contributed by atoms with Gasteiger partial charge in [0.1, 0.15) is 0 Å². The minimum absolute atomic E-state index is 0.319. The molecule has 0 aliphatic carbocycles. The zero-order valence-corrected chi connectivity index (χ0v) is 4.56. The van der Waals surface area contributed by atoms with E-state index in [0.717, 1.165) is 0 Å². The molecule has 0 aliphatic rings. The van der Waals surface area contributed by atoms with E-state index in [-0.39, 0.29) is 0 Å². The highest BCUT2D eigenvalue weighted by atomic mass is 31.1. The van der Waals surface area contributed by atoms with Crippen molar-refractivity contribution in [3.05, 3.63) is 0 Å². The number of carbonyl (C=O) groups is 1. The molecule has 0 spiro atoms. The van der Waals surface area contributed by atoms with Crippen molar-refractivity contribution in [3.63, 3.8) is 0 Å². The second kappa shape index (κ2) is 3.10. The molecule has 2 nitrogen and oxygen atoms in total. The van der Waals surface area contributed by atoms with Crippen LogP contribution in [0.25, 0.3) is 0 Å². The molecular formula is C3H7O2P. The topological polar surface area (TPSA) is 37.3 Å². The van der Waals surface area contributed by atoms with Gasteiger partial charge in [-0.15, -0.1) is 8.58 Å². The second-order valence-electron chi connectivity index (χ2n) is 0.924. The predicted octanol–water partition coefficient (Wildman–Crippen LogP) is 0.379. The van der Waals surface area contributed by atoms with Crippen molar-refractivity contribution >= 4 is 14.6 Å². The Hall–Kier alpha value is -0.100. The van der Waals surface area contributed by atoms with E-state index in [9.17, 15) is 4.79 Å². The highest BCUT2D eigenvalue weighted by Crippen LogP contribution is 1.97. The summed E-state index contributed by atoms with van der Waals surface area (Å²) in [6.07, 6.45) is 0.319. The predicted molar refractivity (Wildman–Crippen MR) is 26.7 cm³/mol. The van der Waals surface area contributed by atoms with Gasteiger partial charge < -0.3 is 5.11 Å². The molecule has 1 unspecified atom stereocenters. The van der Waals surface area contributed by atoms with E-state index in [1.165, 1.54) is 0 Å². The van der Waals surface area contributed by atoms with Gasteiger partial charge in [-0.2, -0.15) is 0 Å². The van der Waals surface area contributed by atoms with Crippen LogP contribution in [0.3, 0.4) is 0 Å². The third-order valence-electron chi connectivity index (χ3n) is 0.328. The molecule has 0 aromatic carbocycles. The van der Waals surface area contributed by atoms with Gasteiger partial charge in [-0.1, -0.05) is 0 Å². The summed E-state index contributed by atoms with van der Waals surface area (Å²) in [5.74, 6) is -0.698. The molecule has 0 saturated carbocycles. The fraction of sp³-hybridized carbons (Fsp3) is 0.667. The Labute approximate surface area is 38.3 Å². The van der Waals surface area contributed by atoms with Crippen LogP contribution >= 0.6 is 8.58 Å². The fourth-order valence-electron chi connectivity index (χ4n) is 0.151. The molecule has 0 radical (unpaired) electrons. The number of rotatable bonds is 2. The molecule has 1 atom stereocenters. The van der Waals surface area contributed by atoms with Gasteiger partial charge in [-0.05, 0) is 6.66 Å². The zero-order valence-electron chi connectivity index (χ0n) is 3.56. The summed E-state index contributed by atoms with van der Waals surface area (Å²) in [7, 11) is 0.539. The summed E-state index contributed by atoms with van der Waals surface area (Å²) in [6, 6.07) is 0. The lowest BCUT2D eigenvalue weighted by Crippen LogP contribution is -1.94. The monoisotopic (exact) mass is 106 g/mol. The molecule has 0 aliphatic heterocycles. The van der Waals surface area contributed by atoms with E-state index >= 15 is 0 Å². The number of hydrogen-bond donors (Lipinski definition) is 1. The molecular weight excluding hydrogens is 99.0 g/mol. The van der Waals surface area contributed by atoms with Gasteiger partial charge in [0, 0.05) is 0 Å². The van der Waals surface area contributed by atoms with Crippen molar-refractivity contribution in [1.82, 2.24) is 0 Å². The first-order chi connectivity index (χ1) is 2.77. The van der Waals surface area contributed by atoms with Gasteiger partial charge in [0.15, 0.2) is 0 Å². The summed E-state index contributed by atoms with van der Waals surface area (Å²) in [4.78, 5) is 9.61. The molecule has 6 heavy (non-hydrogen) atoms. The van der Waals surface area contributed by atoms with Crippen molar-refractivity contribution in [1.29, 1.82) is 0 Å². The van der Waals surface area contributed by atoms with E-state index in [4.69, 9.17) is 5.11 Å². The number of hydrogen-bond acceptors (Lipinski definition) is 1. The molecule has 1 N–H and O–H groups in total. The standard InChI is InChI=1S/C3H7O2P/c1-6-2-3(4)5/h6H,2H2,1H3,(H,4,5). The minimum Gasteiger partial charge on any atom is -0.481 e. The lowest BCUT2D eigenvalue weighted by atomic mass is 10.8.